The first-order valence-electron chi connectivity index (χ1n) is 13.8. The number of carbonyl (C=O) groups is 4. The molecule has 1 saturated carbocycles. The maximum atomic E-state index is 13.8. The van der Waals surface area contributed by atoms with E-state index in [9.17, 15) is 19.2 Å². The number of Topliss-reactive ketones (excluding diaryl/α,β-unsaturated/α-hetero) is 1. The minimum atomic E-state index is -0.742. The largest absolute Gasteiger partial charge is 0.381 e. The van der Waals surface area contributed by atoms with Crippen molar-refractivity contribution < 1.29 is 23.9 Å². The van der Waals surface area contributed by atoms with Crippen LogP contribution in [0.15, 0.2) is 24.3 Å². The lowest BCUT2D eigenvalue weighted by Crippen LogP contribution is -2.53. The van der Waals surface area contributed by atoms with Gasteiger partial charge in [0.1, 0.15) is 12.1 Å². The summed E-state index contributed by atoms with van der Waals surface area (Å²) in [7, 11) is 5.54. The summed E-state index contributed by atoms with van der Waals surface area (Å²) < 4.78 is 5.50. The van der Waals surface area contributed by atoms with Crippen molar-refractivity contribution in [3.8, 4) is 0 Å². The van der Waals surface area contributed by atoms with Crippen molar-refractivity contribution in [3.05, 3.63) is 29.8 Å². The maximum absolute atomic E-state index is 13.8. The topological polar surface area (TPSA) is 99.3 Å². The highest BCUT2D eigenvalue weighted by Crippen LogP contribution is 2.35. The van der Waals surface area contributed by atoms with Gasteiger partial charge in [0.25, 0.3) is 5.91 Å². The van der Waals surface area contributed by atoms with Crippen LogP contribution in [0.5, 0.6) is 0 Å². The highest BCUT2D eigenvalue weighted by Gasteiger charge is 2.53. The van der Waals surface area contributed by atoms with Gasteiger partial charge in [-0.05, 0) is 62.3 Å². The first kappa shape index (κ1) is 28.1. The zero-order valence-corrected chi connectivity index (χ0v) is 23.3. The predicted octanol–water partition coefficient (Wildman–Crippen LogP) is 2.48. The number of nitrogens with one attached hydrogen (secondary N) is 1. The van der Waals surface area contributed by atoms with Crippen LogP contribution in [0.25, 0.3) is 0 Å². The van der Waals surface area contributed by atoms with Gasteiger partial charge in [0, 0.05) is 44.9 Å². The average Bonchev–Trinajstić information content (AvgIpc) is 3.48. The van der Waals surface area contributed by atoms with Gasteiger partial charge in [0.05, 0.1) is 18.7 Å². The smallest absolute Gasteiger partial charge is 0.251 e. The number of hydrogen-bond acceptors (Lipinski definition) is 6. The number of carbonyl (C=O) groups excluding carboxylic acids is 4. The van der Waals surface area contributed by atoms with E-state index in [-0.39, 0.29) is 54.0 Å². The van der Waals surface area contributed by atoms with E-state index < -0.39 is 12.1 Å². The first-order valence-corrected chi connectivity index (χ1v) is 13.8. The third-order valence-electron chi connectivity index (χ3n) is 8.25. The van der Waals surface area contributed by atoms with Crippen molar-refractivity contribution in [2.24, 2.45) is 11.8 Å². The second-order valence-electron chi connectivity index (χ2n) is 11.6. The molecule has 1 aliphatic carbocycles. The third-order valence-corrected chi connectivity index (χ3v) is 8.25. The first-order chi connectivity index (χ1) is 18.1. The summed E-state index contributed by atoms with van der Waals surface area (Å²) in [5.74, 6) is -0.626. The van der Waals surface area contributed by atoms with Crippen LogP contribution in [0.4, 0.5) is 5.69 Å². The fourth-order valence-corrected chi connectivity index (χ4v) is 6.22. The van der Waals surface area contributed by atoms with Crippen molar-refractivity contribution in [1.82, 2.24) is 15.1 Å². The fourth-order valence-electron chi connectivity index (χ4n) is 6.22. The number of rotatable bonds is 8. The maximum Gasteiger partial charge on any atom is 0.251 e. The number of nitrogens with zero attached hydrogens (tertiary/aromatic N) is 3. The lowest BCUT2D eigenvalue weighted by molar-refractivity contribution is -0.140. The summed E-state index contributed by atoms with van der Waals surface area (Å²) in [5.41, 5.74) is 1.45. The molecule has 4 rings (SSSR count). The molecule has 0 aromatic heterocycles. The van der Waals surface area contributed by atoms with E-state index >= 15 is 0 Å². The molecule has 9 heteroatoms. The molecule has 3 aliphatic rings. The lowest BCUT2D eigenvalue weighted by Gasteiger charge is -2.32. The Hall–Kier alpha value is -2.94. The molecule has 0 bridgehead atoms. The summed E-state index contributed by atoms with van der Waals surface area (Å²) in [6, 6.07) is 5.54. The van der Waals surface area contributed by atoms with Gasteiger partial charge in [-0.1, -0.05) is 20.3 Å². The van der Waals surface area contributed by atoms with Crippen LogP contribution >= 0.6 is 0 Å². The summed E-state index contributed by atoms with van der Waals surface area (Å²) in [4.78, 5) is 58.7. The molecule has 5 unspecified atom stereocenters. The van der Waals surface area contributed by atoms with E-state index in [4.69, 9.17) is 4.74 Å². The van der Waals surface area contributed by atoms with Gasteiger partial charge in [-0.2, -0.15) is 0 Å². The molecule has 2 heterocycles. The number of anilines is 1. The highest BCUT2D eigenvalue weighted by molar-refractivity contribution is 6.01. The molecular weight excluding hydrogens is 484 g/mol. The van der Waals surface area contributed by atoms with E-state index in [0.29, 0.717) is 31.4 Å². The number of hydrogen-bond donors (Lipinski definition) is 1. The Morgan fingerprint density at radius 1 is 1.08 bits per heavy atom. The van der Waals surface area contributed by atoms with Crippen molar-refractivity contribution in [1.29, 1.82) is 0 Å². The zero-order valence-electron chi connectivity index (χ0n) is 23.3. The summed E-state index contributed by atoms with van der Waals surface area (Å²) in [6.45, 7) is 4.45. The Morgan fingerprint density at radius 2 is 1.79 bits per heavy atom. The van der Waals surface area contributed by atoms with Crippen LogP contribution in [0.1, 0.15) is 62.7 Å². The van der Waals surface area contributed by atoms with Crippen molar-refractivity contribution in [2.75, 3.05) is 39.2 Å². The molecular formula is C29H42N4O5. The second kappa shape index (κ2) is 11.8. The Kier molecular flexibility index (Phi) is 8.75. The zero-order chi connectivity index (χ0) is 27.6. The third kappa shape index (κ3) is 5.87. The Labute approximate surface area is 225 Å². The quantitative estimate of drug-likeness (QED) is 0.559. The van der Waals surface area contributed by atoms with Gasteiger partial charge in [-0.25, -0.2) is 0 Å². The van der Waals surface area contributed by atoms with Gasteiger partial charge in [0.15, 0.2) is 5.78 Å². The number of ether oxygens (including phenoxy) is 1. The van der Waals surface area contributed by atoms with Crippen LogP contribution in [-0.4, -0.2) is 91.8 Å². The minimum Gasteiger partial charge on any atom is -0.381 e. The second-order valence-corrected chi connectivity index (χ2v) is 11.6. The summed E-state index contributed by atoms with van der Waals surface area (Å²) >= 11 is 0. The molecule has 1 N–H and O–H groups in total. The Balaban J connectivity index is 1.46. The molecule has 3 amide bonds. The van der Waals surface area contributed by atoms with E-state index in [1.165, 1.54) is 0 Å². The number of methoxy groups -OCH3 is 1. The average molecular weight is 527 g/mol. The minimum absolute atomic E-state index is 0.00935. The summed E-state index contributed by atoms with van der Waals surface area (Å²) in [5, 5.41) is 2.93. The van der Waals surface area contributed by atoms with Gasteiger partial charge in [0.2, 0.25) is 11.8 Å². The van der Waals surface area contributed by atoms with E-state index in [1.807, 2.05) is 45.0 Å². The van der Waals surface area contributed by atoms with Crippen LogP contribution in [0, 0.1) is 11.8 Å². The molecule has 2 saturated heterocycles. The molecule has 5 atom stereocenters. The molecule has 3 fully saturated rings. The van der Waals surface area contributed by atoms with Gasteiger partial charge >= 0.3 is 0 Å². The number of fused-ring (bicyclic) bond motifs is 1. The molecule has 38 heavy (non-hydrogen) atoms. The van der Waals surface area contributed by atoms with Crippen LogP contribution in [0.2, 0.25) is 0 Å². The van der Waals surface area contributed by atoms with Crippen LogP contribution in [0.3, 0.4) is 0 Å². The van der Waals surface area contributed by atoms with Crippen molar-refractivity contribution >= 4 is 29.2 Å². The number of ketones is 1. The van der Waals surface area contributed by atoms with Crippen LogP contribution in [-0.2, 0) is 19.1 Å². The molecule has 208 valence electrons. The number of benzene rings is 1. The number of amides is 3. The highest BCUT2D eigenvalue weighted by atomic mass is 16.5. The normalized spacial score (nSPS) is 25.9. The Morgan fingerprint density at radius 3 is 2.42 bits per heavy atom. The van der Waals surface area contributed by atoms with Crippen LogP contribution < -0.4 is 10.2 Å². The van der Waals surface area contributed by atoms with E-state index in [0.717, 1.165) is 24.9 Å². The van der Waals surface area contributed by atoms with Gasteiger partial charge < -0.3 is 24.8 Å². The molecule has 0 spiro atoms. The van der Waals surface area contributed by atoms with Gasteiger partial charge in [-0.15, -0.1) is 0 Å². The lowest BCUT2D eigenvalue weighted by atomic mass is 9.86. The fraction of sp³-hybridized carbons (Fsp3) is 0.655. The predicted molar refractivity (Wildman–Crippen MR) is 145 cm³/mol. The molecule has 1 aromatic carbocycles. The summed E-state index contributed by atoms with van der Waals surface area (Å²) in [6.07, 6.45) is 4.49. The molecule has 0 radical (unpaired) electrons. The van der Waals surface area contributed by atoms with Gasteiger partial charge in [-0.3, -0.25) is 19.2 Å². The monoisotopic (exact) mass is 526 g/mol. The SMILES string of the molecule is COC1CCCC(C(=O)N2CC(=O)C3C2CCN3C(=O)C(CC(C)C)NC(=O)c2ccc(N(C)C)cc2)C1. The molecule has 9 nitrogen and oxygen atoms in total. The van der Waals surface area contributed by atoms with E-state index in [2.05, 4.69) is 5.32 Å². The standard InChI is InChI=1S/C29H42N4O5/c1-18(2)15-23(30-27(35)19-9-11-21(12-10-19)31(3)4)29(37)32-14-13-24-26(32)25(34)17-33(24)28(36)20-7-6-8-22(16-20)38-5/h9-12,18,20,22-24,26H,6-8,13-17H2,1-5H3,(H,30,35). The molecule has 1 aromatic rings. The number of likely N-dealkylation sites (tertiary alicyclic amines) is 2. The Bertz CT molecular complexity index is 1040. The van der Waals surface area contributed by atoms with E-state index in [1.54, 1.807) is 29.0 Å². The van der Waals surface area contributed by atoms with Crippen molar-refractivity contribution in [3.63, 3.8) is 0 Å². The molecule has 2 aliphatic heterocycles. The van der Waals surface area contributed by atoms with Crippen molar-refractivity contribution in [2.45, 2.75) is 76.6 Å².